The average molecular weight is 1460 g/mol. The maximum atomic E-state index is 14.5. The van der Waals surface area contributed by atoms with E-state index in [0.29, 0.717) is 5.56 Å². The fourth-order valence-corrected chi connectivity index (χ4v) is 21.1. The van der Waals surface area contributed by atoms with E-state index in [1.807, 2.05) is 24.8 Å². The maximum absolute atomic E-state index is 14.5. The lowest BCUT2D eigenvalue weighted by Gasteiger charge is -2.31. The van der Waals surface area contributed by atoms with Crippen LogP contribution in [0.5, 0.6) is 0 Å². The van der Waals surface area contributed by atoms with Gasteiger partial charge in [-0.1, -0.05) is 12.1 Å². The Hall–Kier alpha value is -11.0. The predicted octanol–water partition coefficient (Wildman–Crippen LogP) is 27.4. The fraction of sp³-hybridized carbons (Fsp3) is 0.311. The normalized spacial score (nSPS) is 12.3. The van der Waals surface area contributed by atoms with Gasteiger partial charge in [0.25, 0.3) is 0 Å². The van der Waals surface area contributed by atoms with Crippen LogP contribution in [0.3, 0.4) is 0 Å². The van der Waals surface area contributed by atoms with E-state index in [9.17, 15) is 5.26 Å². The first kappa shape index (κ1) is 72.8. The molecule has 0 aliphatic heterocycles. The van der Waals surface area contributed by atoms with E-state index in [0.717, 1.165) is 106 Å². The Bertz CT molecular complexity index is 6640. The Morgan fingerprint density at radius 2 is 0.459 bits per heavy atom. The van der Waals surface area contributed by atoms with Gasteiger partial charge in [0, 0.05) is 89.9 Å². The number of nitrogens with zero attached hydrogens (tertiary/aromatic N) is 8. The van der Waals surface area contributed by atoms with Crippen molar-refractivity contribution in [2.75, 3.05) is 0 Å². The minimum absolute atomic E-state index is 0.592. The number of nitriles is 1. The van der Waals surface area contributed by atoms with Crippen LogP contribution < -0.4 is 0 Å². The summed E-state index contributed by atoms with van der Waals surface area (Å²) in [5, 5.41) is 26.5. The van der Waals surface area contributed by atoms with Crippen molar-refractivity contribution >= 4 is 109 Å². The second kappa shape index (κ2) is 24.5. The van der Waals surface area contributed by atoms with Crippen molar-refractivity contribution in [2.45, 2.75) is 222 Å². The van der Waals surface area contributed by atoms with E-state index >= 15 is 0 Å². The molecule has 0 radical (unpaired) electrons. The molecule has 7 aromatic heterocycles. The number of rotatable bonds is 6. The Labute approximate surface area is 655 Å². The summed E-state index contributed by atoms with van der Waals surface area (Å²) in [6.07, 6.45) is 7.85. The van der Waals surface area contributed by atoms with Crippen LogP contribution in [0.2, 0.25) is 0 Å². The summed E-state index contributed by atoms with van der Waals surface area (Å²) in [6.45, 7) is 75.4. The van der Waals surface area contributed by atoms with E-state index in [4.69, 9.17) is 9.97 Å². The zero-order valence-electron chi connectivity index (χ0n) is 71.9. The summed E-state index contributed by atoms with van der Waals surface area (Å²) in [5.41, 5.74) is 58.4. The molecule has 0 unspecified atom stereocenters. The van der Waals surface area contributed by atoms with Crippen LogP contribution in [0, 0.1) is 233 Å². The van der Waals surface area contributed by atoms with Gasteiger partial charge in [0.1, 0.15) is 11.6 Å². The van der Waals surface area contributed by atoms with Crippen molar-refractivity contribution in [1.29, 1.82) is 5.26 Å². The third-order valence-corrected chi connectivity index (χ3v) is 30.2. The highest BCUT2D eigenvalue weighted by Crippen LogP contribution is 2.58. The lowest BCUT2D eigenvalue weighted by Crippen LogP contribution is -2.18. The number of hydrogen-bond acceptors (Lipinski definition) is 3. The summed E-state index contributed by atoms with van der Waals surface area (Å²) >= 11 is 0. The van der Waals surface area contributed by atoms with Crippen molar-refractivity contribution in [3.63, 3.8) is 0 Å². The molecule has 0 saturated heterocycles. The first-order valence-corrected chi connectivity index (χ1v) is 40.0. The van der Waals surface area contributed by atoms with Crippen LogP contribution in [0.4, 0.5) is 0 Å². The zero-order valence-corrected chi connectivity index (χ0v) is 71.9. The van der Waals surface area contributed by atoms with Crippen molar-refractivity contribution in [3.8, 4) is 45.6 Å². The van der Waals surface area contributed by atoms with Crippen LogP contribution in [-0.2, 0) is 0 Å². The molecule has 17 rings (SSSR count). The third kappa shape index (κ3) is 8.93. The molecule has 0 saturated carbocycles. The molecule has 17 aromatic rings. The maximum Gasteiger partial charge on any atom is 0.104 e. The number of benzene rings is 10. The molecule has 0 aliphatic carbocycles. The molecule has 558 valence electrons. The molecule has 0 aliphatic rings. The van der Waals surface area contributed by atoms with Gasteiger partial charge in [-0.2, -0.15) is 5.26 Å². The van der Waals surface area contributed by atoms with E-state index in [1.165, 1.54) is 221 Å². The minimum Gasteiger partial charge on any atom is -0.309 e. The van der Waals surface area contributed by atoms with E-state index in [1.54, 1.807) is 0 Å². The van der Waals surface area contributed by atoms with Crippen LogP contribution in [0.1, 0.15) is 184 Å². The molecule has 7 heterocycles. The Morgan fingerprint density at radius 3 is 0.685 bits per heavy atom. The van der Waals surface area contributed by atoms with Gasteiger partial charge in [-0.05, 0) is 429 Å². The zero-order chi connectivity index (χ0) is 79.7. The molecular formula is C103H106N8. The summed E-state index contributed by atoms with van der Waals surface area (Å²) in [5.74, 6) is 0. The summed E-state index contributed by atoms with van der Waals surface area (Å²) in [4.78, 5) is 9.59. The average Bonchev–Trinajstić information content (AvgIpc) is 1.53. The topological polar surface area (TPSA) is 74.2 Å². The summed E-state index contributed by atoms with van der Waals surface area (Å²) < 4.78 is 13.4. The van der Waals surface area contributed by atoms with Gasteiger partial charge in [-0.25, -0.2) is 0 Å². The molecule has 0 amide bonds. The quantitative estimate of drug-likeness (QED) is 0.166. The van der Waals surface area contributed by atoms with E-state index < -0.39 is 0 Å². The van der Waals surface area contributed by atoms with Gasteiger partial charge >= 0.3 is 0 Å². The highest BCUT2D eigenvalue weighted by atomic mass is 15.1. The highest BCUT2D eigenvalue weighted by Gasteiger charge is 2.40. The Kier molecular flexibility index (Phi) is 16.1. The standard InChI is InChI=1S/C103H106N8/c1-44-52(9)68(25)92-83(60(44)17)84-61(18)45(2)53(10)69(26)93(84)108(92)100-78(41-104)101(109-94-70(27)54(11)46(3)62(19)85(94)86-63(20)47(4)55(12)71(28)95(86)109)103(111-98-74(31)58(15)50(7)66(23)89(98)90-67(24)51(8)59(16)75(32)99(90)111)91(76-34-33-35-77(40-76)107-81-36-38-105-42-79(81)80-43-106-39-37-82(80)107)102(100)110-96-72(29)56(13)48(5)64(21)87(96)88-65(22)49(6)57(14)73(30)97(88)110/h33-40,42-43H,1-32H3. The van der Waals surface area contributed by atoms with Crippen molar-refractivity contribution < 1.29 is 0 Å². The largest absolute Gasteiger partial charge is 0.309 e. The molecule has 111 heavy (non-hydrogen) atoms. The Morgan fingerprint density at radius 1 is 0.243 bits per heavy atom. The molecule has 0 atom stereocenters. The monoisotopic (exact) mass is 1450 g/mol. The van der Waals surface area contributed by atoms with Crippen molar-refractivity contribution in [3.05, 3.63) is 245 Å². The van der Waals surface area contributed by atoms with Gasteiger partial charge in [0.2, 0.25) is 0 Å². The van der Waals surface area contributed by atoms with Crippen LogP contribution >= 0.6 is 0 Å². The molecule has 0 spiro atoms. The van der Waals surface area contributed by atoms with Gasteiger partial charge in [-0.3, -0.25) is 9.97 Å². The smallest absolute Gasteiger partial charge is 0.104 e. The molecule has 8 nitrogen and oxygen atoms in total. The van der Waals surface area contributed by atoms with E-state index in [-0.39, 0.29) is 0 Å². The fourth-order valence-electron chi connectivity index (χ4n) is 21.1. The second-order valence-corrected chi connectivity index (χ2v) is 34.1. The van der Waals surface area contributed by atoms with Gasteiger partial charge in [0.15, 0.2) is 0 Å². The molecular weight excluding hydrogens is 1350 g/mol. The number of pyridine rings is 2. The number of aryl methyl sites for hydroxylation is 16. The SMILES string of the molecule is Cc1c(C)c(C)c2c(c1C)c1c(C)c(C)c(C)c(C)c1n2-c1c(C#N)c(-n2c3c(C)c(C)c(C)c(C)c3c3c(C)c(C)c(C)c(C)c32)c(-n2c3c(C)c(C)c(C)c(C)c3c3c(C)c(C)c(C)c(C)c32)c(-c2cccc(-n3c4ccncc4c4cnccc43)c2)c1-n1c2c(C)c(C)c(C)c(C)c2c2c(C)c(C)c(C)c(C)c21. The molecule has 8 heteroatoms. The summed E-state index contributed by atoms with van der Waals surface area (Å²) in [6, 6.07) is 17.4. The molecule has 0 fully saturated rings. The first-order valence-electron chi connectivity index (χ1n) is 40.0. The minimum atomic E-state index is 0.592. The van der Waals surface area contributed by atoms with Gasteiger partial charge in [0.05, 0.1) is 77.9 Å². The van der Waals surface area contributed by atoms with Gasteiger partial charge in [-0.15, -0.1) is 0 Å². The van der Waals surface area contributed by atoms with Crippen LogP contribution in [-0.4, -0.2) is 32.8 Å². The van der Waals surface area contributed by atoms with E-state index in [2.05, 4.69) is 287 Å². The number of fused-ring (bicyclic) bond motifs is 15. The van der Waals surface area contributed by atoms with Gasteiger partial charge < -0.3 is 22.8 Å². The predicted molar refractivity (Wildman–Crippen MR) is 475 cm³/mol. The van der Waals surface area contributed by atoms with Crippen molar-refractivity contribution in [1.82, 2.24) is 32.8 Å². The molecule has 10 aromatic carbocycles. The molecule has 0 bridgehead atoms. The second-order valence-electron chi connectivity index (χ2n) is 34.1. The lowest BCUT2D eigenvalue weighted by atomic mass is 9.90. The van der Waals surface area contributed by atoms with Crippen molar-refractivity contribution in [2.24, 2.45) is 0 Å². The van der Waals surface area contributed by atoms with Crippen LogP contribution in [0.15, 0.2) is 61.2 Å². The lowest BCUT2D eigenvalue weighted by molar-refractivity contribution is 1.01. The number of hydrogen-bond donors (Lipinski definition) is 0. The van der Waals surface area contributed by atoms with Crippen LogP contribution in [0.25, 0.3) is 149 Å². The summed E-state index contributed by atoms with van der Waals surface area (Å²) in [7, 11) is 0. The molecule has 0 N–H and O–H groups in total. The Balaban J connectivity index is 1.36. The first-order chi connectivity index (χ1) is 52.5. The highest BCUT2D eigenvalue weighted by molar-refractivity contribution is 6.23. The third-order valence-electron chi connectivity index (χ3n) is 30.2. The number of aromatic nitrogens is 7.